The fourth-order valence-corrected chi connectivity index (χ4v) is 6.62. The van der Waals surface area contributed by atoms with Gasteiger partial charge in [0.05, 0.1) is 0 Å². The molecule has 1 aliphatic heterocycles. The zero-order valence-electron chi connectivity index (χ0n) is 22.5. The summed E-state index contributed by atoms with van der Waals surface area (Å²) in [6, 6.07) is 5.96. The van der Waals surface area contributed by atoms with Gasteiger partial charge in [0.2, 0.25) is 0 Å². The molecule has 1 aromatic rings. The minimum Gasteiger partial charge on any atom is 0 e. The summed E-state index contributed by atoms with van der Waals surface area (Å²) in [5.41, 5.74) is 2.20. The standard InChI is InChI=1S/C27H44N6S.2ClH.Mn.4H2/c1-3-33(4-2)15-16-34-23-17-21-19-30-26-11-7-5-9-24(26)28-13-14-29-25-10-6-8-12-27(25)31-20-22(18-23)32-21;;;;;;;/h17-18,24-27H,3-16,19-20H2,1-2H3;2*1H;;4*1H/q-4;;;+2;;;;/p-2/t24-,25?,26-,27?;;;;;;;/m1......./s1. The van der Waals surface area contributed by atoms with Crippen molar-refractivity contribution in [2.75, 3.05) is 38.5 Å². The van der Waals surface area contributed by atoms with Crippen LogP contribution in [-0.2, 0) is 26.2 Å². The Hall–Kier alpha value is 0.399. The number of hydrogen-bond acceptors (Lipinski definition) is 3. The number of aromatic nitrogens is 1. The van der Waals surface area contributed by atoms with E-state index in [1.807, 2.05) is 11.8 Å². The fraction of sp³-hybridized carbons (Fsp3) is 0.815. The Morgan fingerprint density at radius 1 is 0.838 bits per heavy atom. The van der Waals surface area contributed by atoms with Gasteiger partial charge in [-0.1, -0.05) is 65.2 Å². The summed E-state index contributed by atoms with van der Waals surface area (Å²) in [4.78, 5) is 8.83. The largest absolute Gasteiger partial charge is 0 e. The van der Waals surface area contributed by atoms with Crippen LogP contribution in [0.15, 0.2) is 17.0 Å². The third-order valence-corrected chi connectivity index (χ3v) is 8.62. The zero-order valence-corrected chi connectivity index (χ0v) is 26.0. The van der Waals surface area contributed by atoms with Gasteiger partial charge in [0.1, 0.15) is 0 Å². The molecule has 2 saturated carbocycles. The molecule has 2 aliphatic carbocycles. The monoisotopic (exact) mass is 617 g/mol. The summed E-state index contributed by atoms with van der Waals surface area (Å²) >= 11 is 1.96. The van der Waals surface area contributed by atoms with Gasteiger partial charge >= 0.3 is 33.3 Å². The first kappa shape index (κ1) is 31.9. The number of fused-ring (bicyclic) bond motifs is 4. The number of nitrogens with zero attached hydrogens (tertiary/aromatic N) is 6. The molecule has 0 N–H and O–H groups in total. The van der Waals surface area contributed by atoms with Crippen LogP contribution < -0.4 is 0 Å². The summed E-state index contributed by atoms with van der Waals surface area (Å²) in [5, 5.41) is 20.4. The molecule has 0 saturated heterocycles. The maximum atomic E-state index is 5.14. The number of pyridine rings is 1. The Kier molecular flexibility index (Phi) is 16.1. The molecular weight excluding hydrogens is 566 g/mol. The summed E-state index contributed by atoms with van der Waals surface area (Å²) in [6.45, 7) is 10.9. The van der Waals surface area contributed by atoms with Gasteiger partial charge in [-0.15, -0.1) is 24.9 Å². The Labute approximate surface area is 250 Å². The predicted octanol–water partition coefficient (Wildman–Crippen LogP) is 9.01. The topological polar surface area (TPSA) is 72.5 Å². The van der Waals surface area contributed by atoms with E-state index < -0.39 is 0 Å². The Morgan fingerprint density at radius 2 is 1.27 bits per heavy atom. The molecule has 4 rings (SSSR count). The fourth-order valence-electron chi connectivity index (χ4n) is 5.60. The third kappa shape index (κ3) is 11.4. The summed E-state index contributed by atoms with van der Waals surface area (Å²) in [7, 11) is 9.59. The van der Waals surface area contributed by atoms with Crippen molar-refractivity contribution in [3.05, 3.63) is 44.8 Å². The van der Waals surface area contributed by atoms with E-state index in [0.717, 1.165) is 62.7 Å². The molecule has 1 aromatic heterocycles. The third-order valence-electron chi connectivity index (χ3n) is 7.67. The molecular formula is C27H52Cl2MnN6S-4. The second-order valence-electron chi connectivity index (χ2n) is 10.0. The molecule has 2 fully saturated rings. The van der Waals surface area contributed by atoms with E-state index in [2.05, 4.69) is 30.9 Å². The molecule has 2 heterocycles. The van der Waals surface area contributed by atoms with Gasteiger partial charge in [-0.2, -0.15) is 37.3 Å². The van der Waals surface area contributed by atoms with Gasteiger partial charge in [0, 0.05) is 34.3 Å². The van der Waals surface area contributed by atoms with Gasteiger partial charge in [0.15, 0.2) is 0 Å². The molecule has 0 amide bonds. The van der Waals surface area contributed by atoms with Gasteiger partial charge in [-0.05, 0) is 25.2 Å². The van der Waals surface area contributed by atoms with Crippen LogP contribution in [0.25, 0.3) is 21.3 Å². The second kappa shape index (κ2) is 18.7. The summed E-state index contributed by atoms with van der Waals surface area (Å²) in [5.74, 6) is 1.10. The summed E-state index contributed by atoms with van der Waals surface area (Å²) < 4.78 is 0. The normalized spacial score (nSPS) is 27.2. The molecule has 2 bridgehead atoms. The molecule has 4 atom stereocenters. The van der Waals surface area contributed by atoms with Crippen LogP contribution in [0.4, 0.5) is 0 Å². The first-order chi connectivity index (χ1) is 18.2. The van der Waals surface area contributed by atoms with Gasteiger partial charge in [0.25, 0.3) is 0 Å². The molecule has 0 aromatic carbocycles. The quantitative estimate of drug-likeness (QED) is 0.236. The molecule has 37 heavy (non-hydrogen) atoms. The Bertz CT molecular complexity index is 730. The second-order valence-corrected chi connectivity index (χ2v) is 13.2. The van der Waals surface area contributed by atoms with E-state index in [1.54, 1.807) is 0 Å². The van der Waals surface area contributed by atoms with Crippen molar-refractivity contribution < 1.29 is 18.8 Å². The molecule has 6 nitrogen and oxygen atoms in total. The van der Waals surface area contributed by atoms with E-state index in [4.69, 9.17) is 46.4 Å². The molecule has 10 heteroatoms. The van der Waals surface area contributed by atoms with Gasteiger partial charge in [-0.25, -0.2) is 0 Å². The van der Waals surface area contributed by atoms with Crippen LogP contribution >= 0.6 is 32.0 Å². The van der Waals surface area contributed by atoms with Crippen molar-refractivity contribution in [2.24, 2.45) is 0 Å². The first-order valence-corrected chi connectivity index (χ1v) is 18.3. The van der Waals surface area contributed by atoms with Crippen LogP contribution in [0.1, 0.15) is 82.3 Å². The Morgan fingerprint density at radius 3 is 1.70 bits per heavy atom. The predicted molar refractivity (Wildman–Crippen MR) is 166 cm³/mol. The summed E-state index contributed by atoms with van der Waals surface area (Å²) in [6.07, 6.45) is 9.78. The average molecular weight is 619 g/mol. The van der Waals surface area contributed by atoms with E-state index in [0.29, 0.717) is 37.3 Å². The SMILES string of the molecule is CCN(CC)CCSc1cc2nc(c1)C[N-][C@@H]1CCCC[C@H]1[N-]CC[N-]C1CCCCC1[N-]C2.[Cl][Mn][Cl].[HH].[HH].[HH].[HH]. The van der Waals surface area contributed by atoms with Crippen molar-refractivity contribution in [1.82, 2.24) is 9.88 Å². The maximum absolute atomic E-state index is 5.14. The van der Waals surface area contributed by atoms with E-state index in [-0.39, 0.29) is 18.8 Å². The van der Waals surface area contributed by atoms with Crippen molar-refractivity contribution in [1.29, 1.82) is 0 Å². The van der Waals surface area contributed by atoms with E-state index in [1.165, 1.54) is 43.4 Å². The average Bonchev–Trinajstić information content (AvgIpc) is 2.92. The number of thioether (sulfide) groups is 1. The number of rotatable bonds is 6. The number of hydrogen-bond donors (Lipinski definition) is 0. The zero-order chi connectivity index (χ0) is 26.3. The van der Waals surface area contributed by atoms with Crippen LogP contribution in [0.3, 0.4) is 0 Å². The van der Waals surface area contributed by atoms with Crippen LogP contribution in [-0.4, -0.2) is 72.5 Å². The molecule has 0 radical (unpaired) electrons. The van der Waals surface area contributed by atoms with E-state index in [9.17, 15) is 0 Å². The molecule has 221 valence electrons. The van der Waals surface area contributed by atoms with Crippen molar-refractivity contribution in [3.63, 3.8) is 0 Å². The van der Waals surface area contributed by atoms with Crippen LogP contribution in [0.5, 0.6) is 0 Å². The van der Waals surface area contributed by atoms with E-state index >= 15 is 0 Å². The molecule has 3 aliphatic rings. The molecule has 2 unspecified atom stereocenters. The molecule has 0 spiro atoms. The Balaban J connectivity index is 0. The van der Waals surface area contributed by atoms with Crippen molar-refractivity contribution in [3.8, 4) is 0 Å². The van der Waals surface area contributed by atoms with Gasteiger partial charge < -0.3 is 26.2 Å². The van der Waals surface area contributed by atoms with Crippen molar-refractivity contribution >= 4 is 32.0 Å². The van der Waals surface area contributed by atoms with Crippen LogP contribution in [0.2, 0.25) is 0 Å². The van der Waals surface area contributed by atoms with Crippen LogP contribution in [0, 0.1) is 0 Å². The maximum Gasteiger partial charge on any atom is 0 e. The van der Waals surface area contributed by atoms with Crippen molar-refractivity contribution in [2.45, 2.75) is 107 Å². The smallest absolute Gasteiger partial charge is 0 e. The number of halogens is 2. The first-order valence-electron chi connectivity index (χ1n) is 14.0. The minimum absolute atomic E-state index is 0. The minimum atomic E-state index is 0. The van der Waals surface area contributed by atoms with Gasteiger partial charge in [-0.3, -0.25) is 4.98 Å².